The van der Waals surface area contributed by atoms with Gasteiger partial charge in [-0.2, -0.15) is 18.4 Å². The smallest absolute Gasteiger partial charge is 0.416 e. The summed E-state index contributed by atoms with van der Waals surface area (Å²) >= 11 is 0. The molecule has 2 rings (SSSR count). The largest absolute Gasteiger partial charge is 0.495 e. The number of nitrogens with one attached hydrogen (secondary N) is 2. The van der Waals surface area contributed by atoms with Crippen LogP contribution in [0.5, 0.6) is 5.75 Å². The van der Waals surface area contributed by atoms with Crippen molar-refractivity contribution in [2.45, 2.75) is 25.7 Å². The van der Waals surface area contributed by atoms with Crippen LogP contribution in [0.4, 0.5) is 18.9 Å². The number of nitrogens with zero attached hydrogens (tertiary/aromatic N) is 1. The quantitative estimate of drug-likeness (QED) is 0.655. The number of benzene rings is 2. The molecule has 1 amide bonds. The summed E-state index contributed by atoms with van der Waals surface area (Å²) in [6.45, 7) is 1.37. The van der Waals surface area contributed by atoms with E-state index in [1.54, 1.807) is 19.1 Å². The Morgan fingerprint density at radius 2 is 2.00 bits per heavy atom. The number of rotatable bonds is 7. The highest BCUT2D eigenvalue weighted by Gasteiger charge is 2.32. The molecule has 0 unspecified atom stereocenters. The Labute approximate surface area is 165 Å². The van der Waals surface area contributed by atoms with E-state index in [4.69, 9.17) is 10.00 Å². The summed E-state index contributed by atoms with van der Waals surface area (Å²) in [7, 11) is 1.42. The normalized spacial score (nSPS) is 12.0. The van der Waals surface area contributed by atoms with Crippen molar-refractivity contribution in [2.24, 2.45) is 0 Å². The summed E-state index contributed by atoms with van der Waals surface area (Å²) in [6.07, 6.45) is -4.60. The number of anilines is 1. The maximum atomic E-state index is 13.1. The van der Waals surface area contributed by atoms with E-state index in [9.17, 15) is 23.1 Å². The molecule has 0 aromatic heterocycles. The zero-order valence-corrected chi connectivity index (χ0v) is 15.8. The lowest BCUT2D eigenvalue weighted by Gasteiger charge is -2.18. The van der Waals surface area contributed by atoms with Crippen molar-refractivity contribution in [1.29, 1.82) is 5.26 Å². The molecule has 3 N–H and O–H groups in total. The Balaban J connectivity index is 2.27. The lowest BCUT2D eigenvalue weighted by molar-refractivity contribution is -0.137. The van der Waals surface area contributed by atoms with Gasteiger partial charge < -0.3 is 20.5 Å². The average Bonchev–Trinajstić information content (AvgIpc) is 2.70. The van der Waals surface area contributed by atoms with E-state index in [2.05, 4.69) is 10.6 Å². The standard InChI is InChI=1S/C20H20F3N3O3/c1-12(11-27)26-17-5-4-15(20(21,22)23)8-16(17)19(28)25-10-13-3-6-18(29-2)14(7-13)9-24/h3-8,12,26-27H,10-11H2,1-2H3,(H,25,28)/t12-/m0/s1. The summed E-state index contributed by atoms with van der Waals surface area (Å²) in [5.41, 5.74) is -0.127. The van der Waals surface area contributed by atoms with Crippen LogP contribution in [0.3, 0.4) is 0 Å². The molecule has 0 spiro atoms. The van der Waals surface area contributed by atoms with Crippen LogP contribution in [-0.2, 0) is 12.7 Å². The van der Waals surface area contributed by atoms with Gasteiger partial charge in [0.15, 0.2) is 0 Å². The van der Waals surface area contributed by atoms with Gasteiger partial charge in [0.25, 0.3) is 5.91 Å². The lowest BCUT2D eigenvalue weighted by atomic mass is 10.1. The van der Waals surface area contributed by atoms with E-state index in [1.807, 2.05) is 6.07 Å². The zero-order chi connectivity index (χ0) is 21.6. The van der Waals surface area contributed by atoms with Crippen molar-refractivity contribution in [3.63, 3.8) is 0 Å². The van der Waals surface area contributed by atoms with Crippen LogP contribution >= 0.6 is 0 Å². The summed E-state index contributed by atoms with van der Waals surface area (Å²) in [6, 6.07) is 9.03. The van der Waals surface area contributed by atoms with Gasteiger partial charge in [0, 0.05) is 18.3 Å². The second kappa shape index (κ2) is 9.30. The molecule has 0 heterocycles. The molecule has 1 atom stereocenters. The first kappa shape index (κ1) is 22.0. The molecule has 2 aromatic rings. The van der Waals surface area contributed by atoms with E-state index in [1.165, 1.54) is 13.2 Å². The van der Waals surface area contributed by atoms with Gasteiger partial charge in [0.1, 0.15) is 11.8 Å². The highest BCUT2D eigenvalue weighted by atomic mass is 19.4. The van der Waals surface area contributed by atoms with Gasteiger partial charge in [-0.1, -0.05) is 6.07 Å². The van der Waals surface area contributed by atoms with E-state index in [0.717, 1.165) is 18.2 Å². The first-order valence-electron chi connectivity index (χ1n) is 8.63. The predicted octanol–water partition coefficient (Wildman–Crippen LogP) is 3.31. The van der Waals surface area contributed by atoms with Crippen LogP contribution < -0.4 is 15.4 Å². The molecular formula is C20H20F3N3O3. The highest BCUT2D eigenvalue weighted by molar-refractivity contribution is 5.99. The fraction of sp³-hybridized carbons (Fsp3) is 0.300. The van der Waals surface area contributed by atoms with Gasteiger partial charge in [0.05, 0.1) is 30.4 Å². The lowest BCUT2D eigenvalue weighted by Crippen LogP contribution is -2.27. The van der Waals surface area contributed by atoms with E-state index < -0.39 is 23.7 Å². The Kier molecular flexibility index (Phi) is 7.07. The van der Waals surface area contributed by atoms with Gasteiger partial charge in [-0.15, -0.1) is 0 Å². The molecule has 0 fully saturated rings. The second-order valence-electron chi connectivity index (χ2n) is 6.32. The molecule has 6 nitrogen and oxygen atoms in total. The summed E-state index contributed by atoms with van der Waals surface area (Å²) in [5, 5.41) is 23.7. The molecule has 0 aliphatic rings. The molecule has 9 heteroatoms. The third-order valence-corrected chi connectivity index (χ3v) is 4.10. The minimum absolute atomic E-state index is 0.00272. The van der Waals surface area contributed by atoms with Gasteiger partial charge >= 0.3 is 6.18 Å². The van der Waals surface area contributed by atoms with Crippen molar-refractivity contribution in [3.8, 4) is 11.8 Å². The van der Waals surface area contributed by atoms with Gasteiger partial charge in [-0.05, 0) is 42.8 Å². The topological polar surface area (TPSA) is 94.4 Å². The Morgan fingerprint density at radius 1 is 1.28 bits per heavy atom. The fourth-order valence-corrected chi connectivity index (χ4v) is 2.58. The number of amides is 1. The Hall–Kier alpha value is -3.25. The predicted molar refractivity (Wildman–Crippen MR) is 100 cm³/mol. The van der Waals surface area contributed by atoms with Crippen LogP contribution in [0.15, 0.2) is 36.4 Å². The van der Waals surface area contributed by atoms with Crippen molar-refractivity contribution in [1.82, 2.24) is 5.32 Å². The molecule has 29 heavy (non-hydrogen) atoms. The number of aliphatic hydroxyl groups is 1. The maximum absolute atomic E-state index is 13.1. The van der Waals surface area contributed by atoms with E-state index in [0.29, 0.717) is 11.3 Å². The molecule has 0 aliphatic carbocycles. The molecule has 0 saturated carbocycles. The van der Waals surface area contributed by atoms with E-state index in [-0.39, 0.29) is 30.0 Å². The first-order valence-corrected chi connectivity index (χ1v) is 8.63. The molecule has 0 radical (unpaired) electrons. The van der Waals surface area contributed by atoms with Gasteiger partial charge in [0.2, 0.25) is 0 Å². The molecule has 0 bridgehead atoms. The summed E-state index contributed by atoms with van der Waals surface area (Å²) in [5.74, 6) is -0.344. The number of methoxy groups -OCH3 is 1. The minimum Gasteiger partial charge on any atom is -0.495 e. The number of carbonyl (C=O) groups is 1. The highest BCUT2D eigenvalue weighted by Crippen LogP contribution is 2.32. The van der Waals surface area contributed by atoms with Crippen LogP contribution in [0, 0.1) is 11.3 Å². The number of alkyl halides is 3. The second-order valence-corrected chi connectivity index (χ2v) is 6.32. The van der Waals surface area contributed by atoms with Crippen molar-refractivity contribution >= 4 is 11.6 Å². The fourth-order valence-electron chi connectivity index (χ4n) is 2.58. The Bertz CT molecular complexity index is 923. The SMILES string of the molecule is COc1ccc(CNC(=O)c2cc(C(F)(F)F)ccc2N[C@@H](C)CO)cc1C#N. The number of hydrogen-bond donors (Lipinski definition) is 3. The molecule has 0 aliphatic heterocycles. The maximum Gasteiger partial charge on any atom is 0.416 e. The van der Waals surface area contributed by atoms with Gasteiger partial charge in [-0.3, -0.25) is 4.79 Å². The third kappa shape index (κ3) is 5.62. The van der Waals surface area contributed by atoms with Crippen LogP contribution in [-0.4, -0.2) is 30.8 Å². The molecule has 0 saturated heterocycles. The third-order valence-electron chi connectivity index (χ3n) is 4.10. The van der Waals surface area contributed by atoms with Crippen molar-refractivity contribution in [2.75, 3.05) is 19.0 Å². The number of halogens is 3. The van der Waals surface area contributed by atoms with Gasteiger partial charge in [-0.25, -0.2) is 0 Å². The van der Waals surface area contributed by atoms with E-state index >= 15 is 0 Å². The number of aliphatic hydroxyl groups excluding tert-OH is 1. The van der Waals surface area contributed by atoms with Crippen LogP contribution in [0.1, 0.15) is 34.0 Å². The van der Waals surface area contributed by atoms with Crippen LogP contribution in [0.2, 0.25) is 0 Å². The monoisotopic (exact) mass is 407 g/mol. The molecule has 154 valence electrons. The first-order chi connectivity index (χ1) is 13.7. The number of nitriles is 1. The molecule has 2 aromatic carbocycles. The van der Waals surface area contributed by atoms with Crippen LogP contribution in [0.25, 0.3) is 0 Å². The Morgan fingerprint density at radius 3 is 2.59 bits per heavy atom. The zero-order valence-electron chi connectivity index (χ0n) is 15.8. The van der Waals surface area contributed by atoms with Crippen molar-refractivity contribution in [3.05, 3.63) is 58.7 Å². The average molecular weight is 407 g/mol. The number of ether oxygens (including phenoxy) is 1. The summed E-state index contributed by atoms with van der Waals surface area (Å²) < 4.78 is 44.2. The number of carbonyl (C=O) groups excluding carboxylic acids is 1. The minimum atomic E-state index is -4.60. The van der Waals surface area contributed by atoms with Crippen molar-refractivity contribution < 1.29 is 27.8 Å². The number of hydrogen-bond acceptors (Lipinski definition) is 5. The summed E-state index contributed by atoms with van der Waals surface area (Å²) in [4.78, 5) is 12.6. The molecular weight excluding hydrogens is 387 g/mol.